The molecule has 1 saturated heterocycles. The minimum absolute atomic E-state index is 0.0236. The summed E-state index contributed by atoms with van der Waals surface area (Å²) in [7, 11) is 0. The van der Waals surface area contributed by atoms with Crippen molar-refractivity contribution in [1.82, 2.24) is 10.2 Å². The van der Waals surface area contributed by atoms with E-state index in [9.17, 15) is 4.79 Å². The van der Waals surface area contributed by atoms with Crippen LogP contribution in [0.25, 0.3) is 0 Å². The number of carbonyl (C=O) groups is 1. The molecule has 0 radical (unpaired) electrons. The summed E-state index contributed by atoms with van der Waals surface area (Å²) in [6.07, 6.45) is 1.81. The Morgan fingerprint density at radius 3 is 3.24 bits per heavy atom. The highest BCUT2D eigenvalue weighted by Crippen LogP contribution is 2.03. The zero-order chi connectivity index (χ0) is 12.1. The molecule has 1 aliphatic heterocycles. The van der Waals surface area contributed by atoms with Gasteiger partial charge in [0.25, 0.3) is 0 Å². The minimum Gasteiger partial charge on any atom is -0.467 e. The summed E-state index contributed by atoms with van der Waals surface area (Å²) < 4.78 is 10.6. The Bertz CT molecular complexity index is 351. The Kier molecular flexibility index (Phi) is 4.17. The van der Waals surface area contributed by atoms with Gasteiger partial charge in [0.1, 0.15) is 5.76 Å². The fourth-order valence-corrected chi connectivity index (χ4v) is 1.89. The van der Waals surface area contributed by atoms with Crippen LogP contribution in [-0.4, -0.2) is 43.2 Å². The van der Waals surface area contributed by atoms with Crippen molar-refractivity contribution in [1.29, 1.82) is 0 Å². The highest BCUT2D eigenvalue weighted by atomic mass is 16.5. The van der Waals surface area contributed by atoms with Crippen LogP contribution in [0.15, 0.2) is 22.8 Å². The monoisotopic (exact) mass is 238 g/mol. The first kappa shape index (κ1) is 12.1. The molecule has 1 aliphatic rings. The smallest absolute Gasteiger partial charge is 0.234 e. The van der Waals surface area contributed by atoms with Crippen molar-refractivity contribution in [3.8, 4) is 0 Å². The van der Waals surface area contributed by atoms with E-state index >= 15 is 0 Å². The number of amides is 1. The van der Waals surface area contributed by atoms with Gasteiger partial charge in [0.2, 0.25) is 5.91 Å². The number of nitrogens with one attached hydrogen (secondary N) is 1. The maximum absolute atomic E-state index is 11.7. The zero-order valence-electron chi connectivity index (χ0n) is 10.0. The second kappa shape index (κ2) is 5.84. The highest BCUT2D eigenvalue weighted by Gasteiger charge is 2.18. The van der Waals surface area contributed by atoms with Crippen LogP contribution in [0.2, 0.25) is 0 Å². The Morgan fingerprint density at radius 2 is 2.53 bits per heavy atom. The molecule has 1 atom stereocenters. The van der Waals surface area contributed by atoms with Crippen LogP contribution < -0.4 is 5.32 Å². The normalized spacial score (nSPS) is 21.4. The molecule has 2 heterocycles. The summed E-state index contributed by atoms with van der Waals surface area (Å²) >= 11 is 0. The van der Waals surface area contributed by atoms with Crippen molar-refractivity contribution in [2.75, 3.05) is 26.2 Å². The quantitative estimate of drug-likeness (QED) is 0.835. The molecule has 0 bridgehead atoms. The number of carbonyl (C=O) groups excluding carboxylic acids is 1. The first-order chi connectivity index (χ1) is 8.24. The van der Waals surface area contributed by atoms with Crippen LogP contribution in [0, 0.1) is 0 Å². The van der Waals surface area contributed by atoms with E-state index in [4.69, 9.17) is 9.15 Å². The van der Waals surface area contributed by atoms with Crippen molar-refractivity contribution >= 4 is 5.91 Å². The molecular formula is C12H18N2O3. The lowest BCUT2D eigenvalue weighted by Gasteiger charge is -2.30. The molecule has 2 rings (SSSR count). The molecule has 1 unspecified atom stereocenters. The third-order valence-electron chi connectivity index (χ3n) is 2.73. The van der Waals surface area contributed by atoms with Gasteiger partial charge in [-0.2, -0.15) is 0 Å². The molecule has 0 aliphatic carbocycles. The predicted octanol–water partition coefficient (Wildman–Crippen LogP) is 0.616. The van der Waals surface area contributed by atoms with Gasteiger partial charge in [-0.1, -0.05) is 0 Å². The first-order valence-electron chi connectivity index (χ1n) is 5.87. The topological polar surface area (TPSA) is 54.7 Å². The van der Waals surface area contributed by atoms with Crippen molar-refractivity contribution in [2.45, 2.75) is 19.6 Å². The Labute approximate surface area is 101 Å². The lowest BCUT2D eigenvalue weighted by molar-refractivity contribution is -0.124. The fraction of sp³-hybridized carbons (Fsp3) is 0.583. The lowest BCUT2D eigenvalue weighted by atomic mass is 10.3. The van der Waals surface area contributed by atoms with E-state index in [0.29, 0.717) is 19.7 Å². The van der Waals surface area contributed by atoms with E-state index in [1.165, 1.54) is 0 Å². The Morgan fingerprint density at radius 1 is 1.65 bits per heavy atom. The molecule has 0 saturated carbocycles. The van der Waals surface area contributed by atoms with Crippen molar-refractivity contribution < 1.29 is 13.9 Å². The zero-order valence-corrected chi connectivity index (χ0v) is 10.0. The van der Waals surface area contributed by atoms with Gasteiger partial charge in [-0.15, -0.1) is 0 Å². The molecule has 1 N–H and O–H groups in total. The minimum atomic E-state index is 0.0236. The van der Waals surface area contributed by atoms with Crippen LogP contribution in [0.5, 0.6) is 0 Å². The van der Waals surface area contributed by atoms with E-state index in [0.717, 1.165) is 18.8 Å². The lowest BCUT2D eigenvalue weighted by Crippen LogP contribution is -2.45. The highest BCUT2D eigenvalue weighted by molar-refractivity contribution is 5.77. The average molecular weight is 238 g/mol. The van der Waals surface area contributed by atoms with Crippen LogP contribution in [-0.2, 0) is 16.1 Å². The SMILES string of the molecule is CC1CN(CC(=O)NCc2ccco2)CCO1. The summed E-state index contributed by atoms with van der Waals surface area (Å²) in [5.74, 6) is 0.796. The Hall–Kier alpha value is -1.33. The van der Waals surface area contributed by atoms with Crippen molar-refractivity contribution in [2.24, 2.45) is 0 Å². The molecule has 1 fully saturated rings. The fourth-order valence-electron chi connectivity index (χ4n) is 1.89. The first-order valence-corrected chi connectivity index (χ1v) is 5.87. The summed E-state index contributed by atoms with van der Waals surface area (Å²) in [6.45, 7) is 5.23. The van der Waals surface area contributed by atoms with Crippen LogP contribution in [0.4, 0.5) is 0 Å². The van der Waals surface area contributed by atoms with Crippen molar-refractivity contribution in [3.63, 3.8) is 0 Å². The molecule has 17 heavy (non-hydrogen) atoms. The van der Waals surface area contributed by atoms with E-state index in [-0.39, 0.29) is 12.0 Å². The molecule has 5 heteroatoms. The molecule has 5 nitrogen and oxygen atoms in total. The maximum atomic E-state index is 11.7. The second-order valence-corrected chi connectivity index (χ2v) is 4.27. The van der Waals surface area contributed by atoms with Gasteiger partial charge < -0.3 is 14.5 Å². The van der Waals surface area contributed by atoms with Gasteiger partial charge in [-0.25, -0.2) is 0 Å². The third kappa shape index (κ3) is 3.87. The third-order valence-corrected chi connectivity index (χ3v) is 2.73. The van der Waals surface area contributed by atoms with Gasteiger partial charge in [-0.3, -0.25) is 9.69 Å². The van der Waals surface area contributed by atoms with Gasteiger partial charge in [-0.05, 0) is 19.1 Å². The van der Waals surface area contributed by atoms with E-state index in [1.54, 1.807) is 6.26 Å². The molecular weight excluding hydrogens is 220 g/mol. The number of ether oxygens (including phenoxy) is 1. The van der Waals surface area contributed by atoms with Crippen molar-refractivity contribution in [3.05, 3.63) is 24.2 Å². The molecule has 1 aromatic heterocycles. The van der Waals surface area contributed by atoms with E-state index < -0.39 is 0 Å². The molecule has 1 amide bonds. The van der Waals surface area contributed by atoms with Crippen LogP contribution >= 0.6 is 0 Å². The number of furan rings is 1. The average Bonchev–Trinajstić information content (AvgIpc) is 2.79. The van der Waals surface area contributed by atoms with Gasteiger partial charge in [0.05, 0.1) is 32.1 Å². The molecule has 1 aromatic rings. The summed E-state index contributed by atoms with van der Waals surface area (Å²) in [5, 5.41) is 2.83. The van der Waals surface area contributed by atoms with E-state index in [2.05, 4.69) is 10.2 Å². The van der Waals surface area contributed by atoms with Crippen LogP contribution in [0.3, 0.4) is 0 Å². The number of rotatable bonds is 4. The maximum Gasteiger partial charge on any atom is 0.234 e. The number of morpholine rings is 1. The summed E-state index contributed by atoms with van der Waals surface area (Å²) in [6, 6.07) is 3.65. The van der Waals surface area contributed by atoms with Crippen LogP contribution in [0.1, 0.15) is 12.7 Å². The van der Waals surface area contributed by atoms with E-state index in [1.807, 2.05) is 19.1 Å². The number of nitrogens with zero attached hydrogens (tertiary/aromatic N) is 1. The molecule has 0 aromatic carbocycles. The standard InChI is InChI=1S/C12H18N2O3/c1-10-8-14(4-6-16-10)9-12(15)13-7-11-3-2-5-17-11/h2-3,5,10H,4,6-9H2,1H3,(H,13,15). The van der Waals surface area contributed by atoms with Gasteiger partial charge in [0, 0.05) is 13.1 Å². The predicted molar refractivity (Wildman–Crippen MR) is 62.4 cm³/mol. The summed E-state index contributed by atoms with van der Waals surface area (Å²) in [5.41, 5.74) is 0. The largest absolute Gasteiger partial charge is 0.467 e. The van der Waals surface area contributed by atoms with Gasteiger partial charge >= 0.3 is 0 Å². The molecule has 0 spiro atoms. The number of hydrogen-bond donors (Lipinski definition) is 1. The summed E-state index contributed by atoms with van der Waals surface area (Å²) in [4.78, 5) is 13.8. The van der Waals surface area contributed by atoms with Gasteiger partial charge in [0.15, 0.2) is 0 Å². The molecule has 94 valence electrons. The number of hydrogen-bond acceptors (Lipinski definition) is 4. The Balaban J connectivity index is 1.70. The second-order valence-electron chi connectivity index (χ2n) is 4.27.